The molecule has 0 aliphatic heterocycles. The SMILES string of the molecule is C=C(C)C(N)=O.CC(C)OP(=O)(O)O. The second kappa shape index (κ2) is 6.73. The van der Waals surface area contributed by atoms with Gasteiger partial charge in [0.05, 0.1) is 6.10 Å². The molecule has 6 nitrogen and oxygen atoms in total. The van der Waals surface area contributed by atoms with Crippen molar-refractivity contribution in [2.45, 2.75) is 26.9 Å². The van der Waals surface area contributed by atoms with Crippen LogP contribution >= 0.6 is 7.82 Å². The first-order valence-corrected chi connectivity index (χ1v) is 5.28. The van der Waals surface area contributed by atoms with Gasteiger partial charge in [-0.2, -0.15) is 0 Å². The first-order chi connectivity index (χ1) is 6.06. The van der Waals surface area contributed by atoms with E-state index in [4.69, 9.17) is 15.5 Å². The van der Waals surface area contributed by atoms with Gasteiger partial charge in [-0.25, -0.2) is 4.57 Å². The van der Waals surface area contributed by atoms with E-state index in [0.29, 0.717) is 5.57 Å². The summed E-state index contributed by atoms with van der Waals surface area (Å²) < 4.78 is 14.0. The summed E-state index contributed by atoms with van der Waals surface area (Å²) in [6, 6.07) is 0. The van der Waals surface area contributed by atoms with Crippen LogP contribution in [0.2, 0.25) is 0 Å². The number of amides is 1. The van der Waals surface area contributed by atoms with E-state index in [1.807, 2.05) is 0 Å². The van der Waals surface area contributed by atoms with Gasteiger partial charge in [0, 0.05) is 5.57 Å². The molecule has 0 saturated carbocycles. The van der Waals surface area contributed by atoms with E-state index < -0.39 is 19.8 Å². The number of phosphoric ester groups is 1. The van der Waals surface area contributed by atoms with Gasteiger partial charge in [0.15, 0.2) is 0 Å². The number of phosphoric acid groups is 1. The fourth-order valence-electron chi connectivity index (χ4n) is 0.275. The molecule has 0 heterocycles. The summed E-state index contributed by atoms with van der Waals surface area (Å²) in [4.78, 5) is 26.0. The molecule has 0 saturated heterocycles. The molecular formula is C7H16NO5P. The predicted octanol–water partition coefficient (Wildman–Crippen LogP) is 0.552. The summed E-state index contributed by atoms with van der Waals surface area (Å²) in [7, 11) is -4.22. The molecule has 0 fully saturated rings. The monoisotopic (exact) mass is 225 g/mol. The first-order valence-electron chi connectivity index (χ1n) is 3.75. The molecule has 84 valence electrons. The standard InChI is InChI=1S/C4H7NO.C3H9O4P/c1-3(2)4(5)6;1-3(2)7-8(4,5)6/h1H2,2H3,(H2,5,6);3H,1-2H3,(H2,4,5,6). The van der Waals surface area contributed by atoms with Crippen molar-refractivity contribution >= 4 is 13.7 Å². The Balaban J connectivity index is 0. The zero-order chi connectivity index (χ0) is 11.9. The molecule has 0 atom stereocenters. The molecule has 4 N–H and O–H groups in total. The van der Waals surface area contributed by atoms with Gasteiger partial charge in [-0.05, 0) is 20.8 Å². The molecule has 0 bridgehead atoms. The van der Waals surface area contributed by atoms with Crippen LogP contribution < -0.4 is 5.73 Å². The van der Waals surface area contributed by atoms with Crippen molar-refractivity contribution in [3.63, 3.8) is 0 Å². The van der Waals surface area contributed by atoms with Crippen LogP contribution in [0.3, 0.4) is 0 Å². The maximum absolute atomic E-state index is 9.91. The minimum absolute atomic E-state index is 0.398. The summed E-state index contributed by atoms with van der Waals surface area (Å²) in [6.45, 7) is 7.96. The Morgan fingerprint density at radius 3 is 1.79 bits per heavy atom. The number of rotatable bonds is 3. The summed E-state index contributed by atoms with van der Waals surface area (Å²) in [5, 5.41) is 0. The van der Waals surface area contributed by atoms with E-state index in [-0.39, 0.29) is 0 Å². The molecule has 1 amide bonds. The summed E-state index contributed by atoms with van der Waals surface area (Å²) in [6.07, 6.45) is -0.421. The Morgan fingerprint density at radius 2 is 1.79 bits per heavy atom. The number of nitrogens with two attached hydrogens (primary N) is 1. The third-order valence-corrected chi connectivity index (χ3v) is 1.47. The van der Waals surface area contributed by atoms with E-state index in [1.165, 1.54) is 0 Å². The Morgan fingerprint density at radius 1 is 1.50 bits per heavy atom. The van der Waals surface area contributed by atoms with Crippen molar-refractivity contribution in [1.82, 2.24) is 0 Å². The highest BCUT2D eigenvalue weighted by Gasteiger charge is 2.14. The minimum Gasteiger partial charge on any atom is -0.366 e. The number of carbonyl (C=O) groups is 1. The molecule has 7 heteroatoms. The number of primary amides is 1. The molecule has 0 rings (SSSR count). The lowest BCUT2D eigenvalue weighted by atomic mass is 10.3. The van der Waals surface area contributed by atoms with Crippen LogP contribution in [0.4, 0.5) is 0 Å². The molecular weight excluding hydrogens is 209 g/mol. The van der Waals surface area contributed by atoms with Crippen molar-refractivity contribution in [1.29, 1.82) is 0 Å². The van der Waals surface area contributed by atoms with Gasteiger partial charge < -0.3 is 15.5 Å². The second-order valence-corrected chi connectivity index (χ2v) is 3.98. The van der Waals surface area contributed by atoms with Crippen LogP contribution in [0.1, 0.15) is 20.8 Å². The molecule has 0 aromatic rings. The highest BCUT2D eigenvalue weighted by atomic mass is 31.2. The van der Waals surface area contributed by atoms with Crippen molar-refractivity contribution in [3.8, 4) is 0 Å². The topological polar surface area (TPSA) is 110 Å². The van der Waals surface area contributed by atoms with Crippen LogP contribution in [0.15, 0.2) is 12.2 Å². The normalized spacial score (nSPS) is 10.4. The smallest absolute Gasteiger partial charge is 0.366 e. The predicted molar refractivity (Wildman–Crippen MR) is 52.3 cm³/mol. The van der Waals surface area contributed by atoms with E-state index in [1.54, 1.807) is 20.8 Å². The van der Waals surface area contributed by atoms with E-state index in [2.05, 4.69) is 11.1 Å². The number of hydrogen-bond acceptors (Lipinski definition) is 3. The fourth-order valence-corrected chi connectivity index (χ4v) is 0.824. The van der Waals surface area contributed by atoms with Crippen LogP contribution in [0, 0.1) is 0 Å². The van der Waals surface area contributed by atoms with Crippen LogP contribution in [0.5, 0.6) is 0 Å². The minimum atomic E-state index is -4.22. The van der Waals surface area contributed by atoms with Gasteiger partial charge in [-0.15, -0.1) is 0 Å². The van der Waals surface area contributed by atoms with Gasteiger partial charge in [0.1, 0.15) is 0 Å². The molecule has 0 radical (unpaired) electrons. The zero-order valence-corrected chi connectivity index (χ0v) is 9.32. The molecule has 0 unspecified atom stereocenters. The Bertz CT molecular complexity index is 232. The lowest BCUT2D eigenvalue weighted by Crippen LogP contribution is -2.10. The molecule has 14 heavy (non-hydrogen) atoms. The zero-order valence-electron chi connectivity index (χ0n) is 8.43. The van der Waals surface area contributed by atoms with Crippen molar-refractivity contribution in [2.24, 2.45) is 5.73 Å². The fraction of sp³-hybridized carbons (Fsp3) is 0.571. The molecule has 0 spiro atoms. The highest BCUT2D eigenvalue weighted by Crippen LogP contribution is 2.37. The Labute approximate surface area is 83.0 Å². The van der Waals surface area contributed by atoms with Crippen molar-refractivity contribution in [2.75, 3.05) is 0 Å². The third kappa shape index (κ3) is 17.4. The van der Waals surface area contributed by atoms with Gasteiger partial charge in [-0.3, -0.25) is 9.32 Å². The molecule has 0 aliphatic rings. The summed E-state index contributed by atoms with van der Waals surface area (Å²) in [5.41, 5.74) is 5.09. The van der Waals surface area contributed by atoms with Crippen LogP contribution in [0.25, 0.3) is 0 Å². The second-order valence-electron chi connectivity index (χ2n) is 2.79. The van der Waals surface area contributed by atoms with Gasteiger partial charge >= 0.3 is 7.82 Å². The van der Waals surface area contributed by atoms with Crippen molar-refractivity contribution in [3.05, 3.63) is 12.2 Å². The quantitative estimate of drug-likeness (QED) is 0.480. The largest absolute Gasteiger partial charge is 0.469 e. The van der Waals surface area contributed by atoms with E-state index in [9.17, 15) is 9.36 Å². The van der Waals surface area contributed by atoms with Crippen molar-refractivity contribution < 1.29 is 23.7 Å². The van der Waals surface area contributed by atoms with Gasteiger partial charge in [0.2, 0.25) is 5.91 Å². The summed E-state index contributed by atoms with van der Waals surface area (Å²) >= 11 is 0. The average Bonchev–Trinajstić information content (AvgIpc) is 1.81. The van der Waals surface area contributed by atoms with E-state index >= 15 is 0 Å². The molecule has 0 aliphatic carbocycles. The van der Waals surface area contributed by atoms with Crippen LogP contribution in [-0.4, -0.2) is 21.8 Å². The molecule has 0 aromatic heterocycles. The lowest BCUT2D eigenvalue weighted by molar-refractivity contribution is -0.114. The Kier molecular flexibility index (Phi) is 7.58. The maximum Gasteiger partial charge on any atom is 0.469 e. The first kappa shape index (κ1) is 15.8. The highest BCUT2D eigenvalue weighted by molar-refractivity contribution is 7.46. The van der Waals surface area contributed by atoms with Crippen LogP contribution in [-0.2, 0) is 13.9 Å². The number of carbonyl (C=O) groups excluding carboxylic acids is 1. The number of hydrogen-bond donors (Lipinski definition) is 3. The van der Waals surface area contributed by atoms with E-state index in [0.717, 1.165) is 0 Å². The third-order valence-electron chi connectivity index (χ3n) is 0.769. The lowest BCUT2D eigenvalue weighted by Gasteiger charge is -2.06. The van der Waals surface area contributed by atoms with Gasteiger partial charge in [0.25, 0.3) is 0 Å². The molecule has 0 aromatic carbocycles. The maximum atomic E-state index is 9.91. The summed E-state index contributed by atoms with van der Waals surface area (Å²) in [5.74, 6) is -0.435. The Hall–Kier alpha value is -0.680. The average molecular weight is 225 g/mol. The van der Waals surface area contributed by atoms with Gasteiger partial charge in [-0.1, -0.05) is 6.58 Å².